The van der Waals surface area contributed by atoms with Crippen molar-refractivity contribution in [3.63, 3.8) is 0 Å². The summed E-state index contributed by atoms with van der Waals surface area (Å²) in [4.78, 5) is 9.16. The van der Waals surface area contributed by atoms with E-state index in [9.17, 15) is 4.39 Å². The van der Waals surface area contributed by atoms with Gasteiger partial charge in [-0.15, -0.1) is 0 Å². The smallest absolute Gasteiger partial charge is 0.135 e. The van der Waals surface area contributed by atoms with Gasteiger partial charge in [0.05, 0.1) is 0 Å². The van der Waals surface area contributed by atoms with Crippen LogP contribution in [0.2, 0.25) is 5.02 Å². The Morgan fingerprint density at radius 3 is 2.90 bits per heavy atom. The molecule has 0 aliphatic heterocycles. The summed E-state index contributed by atoms with van der Waals surface area (Å²) in [7, 11) is 0. The number of benzene rings is 1. The Balaban J connectivity index is 1.98. The highest BCUT2D eigenvalue weighted by atomic mass is 35.5. The van der Waals surface area contributed by atoms with Gasteiger partial charge in [-0.3, -0.25) is 0 Å². The van der Waals surface area contributed by atoms with Crippen LogP contribution in [0.4, 0.5) is 10.2 Å². The molecule has 1 aliphatic rings. The molecule has 1 aliphatic carbocycles. The van der Waals surface area contributed by atoms with Gasteiger partial charge in [-0.1, -0.05) is 17.7 Å². The van der Waals surface area contributed by atoms with Crippen LogP contribution in [0.5, 0.6) is 0 Å². The second-order valence-electron chi connectivity index (χ2n) is 5.17. The van der Waals surface area contributed by atoms with Crippen molar-refractivity contribution >= 4 is 17.4 Å². The molecule has 5 heteroatoms. The number of nitrogens with zero attached hydrogens (tertiary/aromatic N) is 2. The Morgan fingerprint density at radius 1 is 1.29 bits per heavy atom. The Hall–Kier alpha value is -1.68. The van der Waals surface area contributed by atoms with E-state index in [0.717, 1.165) is 37.3 Å². The largest absolute Gasteiger partial charge is 0.370 e. The second-order valence-corrected chi connectivity index (χ2v) is 5.58. The lowest BCUT2D eigenvalue weighted by Gasteiger charge is -2.11. The average Bonchev–Trinajstić information content (AvgIpc) is 2.92. The van der Waals surface area contributed by atoms with Crippen LogP contribution in [-0.2, 0) is 19.3 Å². The molecule has 0 radical (unpaired) electrons. The predicted molar refractivity (Wildman–Crippen MR) is 82.4 cm³/mol. The molecule has 0 unspecified atom stereocenters. The number of rotatable bonds is 4. The summed E-state index contributed by atoms with van der Waals surface area (Å²) >= 11 is 6.09. The zero-order valence-corrected chi connectivity index (χ0v) is 12.7. The highest BCUT2D eigenvalue weighted by Crippen LogP contribution is 2.28. The van der Waals surface area contributed by atoms with Crippen molar-refractivity contribution in [1.82, 2.24) is 9.97 Å². The zero-order chi connectivity index (χ0) is 14.8. The van der Waals surface area contributed by atoms with Crippen LogP contribution in [0, 0.1) is 5.82 Å². The molecular weight excluding hydrogens is 289 g/mol. The van der Waals surface area contributed by atoms with Crippen molar-refractivity contribution in [2.75, 3.05) is 11.9 Å². The van der Waals surface area contributed by atoms with E-state index in [2.05, 4.69) is 15.3 Å². The monoisotopic (exact) mass is 305 g/mol. The first-order valence-corrected chi connectivity index (χ1v) is 7.62. The van der Waals surface area contributed by atoms with Gasteiger partial charge >= 0.3 is 0 Å². The van der Waals surface area contributed by atoms with Gasteiger partial charge in [0.25, 0.3) is 0 Å². The Bertz CT molecular complexity index is 653. The van der Waals surface area contributed by atoms with Crippen molar-refractivity contribution < 1.29 is 4.39 Å². The fourth-order valence-corrected chi connectivity index (χ4v) is 2.97. The van der Waals surface area contributed by atoms with E-state index in [1.54, 1.807) is 12.1 Å². The molecule has 0 atom stereocenters. The molecule has 2 aromatic rings. The lowest BCUT2D eigenvalue weighted by molar-refractivity contribution is 0.612. The topological polar surface area (TPSA) is 37.8 Å². The van der Waals surface area contributed by atoms with Gasteiger partial charge in [-0.05, 0) is 38.3 Å². The maximum Gasteiger partial charge on any atom is 0.135 e. The van der Waals surface area contributed by atoms with Crippen molar-refractivity contribution in [3.05, 3.63) is 51.7 Å². The van der Waals surface area contributed by atoms with Crippen molar-refractivity contribution in [3.8, 4) is 0 Å². The van der Waals surface area contributed by atoms with Crippen LogP contribution in [-0.4, -0.2) is 16.5 Å². The third-order valence-corrected chi connectivity index (χ3v) is 4.07. The van der Waals surface area contributed by atoms with E-state index in [-0.39, 0.29) is 5.82 Å². The predicted octanol–water partition coefficient (Wildman–Crippen LogP) is 3.78. The highest BCUT2D eigenvalue weighted by molar-refractivity contribution is 6.31. The van der Waals surface area contributed by atoms with Crippen molar-refractivity contribution in [2.45, 2.75) is 32.6 Å². The highest BCUT2D eigenvalue weighted by Gasteiger charge is 2.20. The van der Waals surface area contributed by atoms with Gasteiger partial charge in [0.15, 0.2) is 0 Å². The Kier molecular flexibility index (Phi) is 4.06. The van der Waals surface area contributed by atoms with Crippen LogP contribution in [0.1, 0.15) is 36.0 Å². The first-order chi connectivity index (χ1) is 10.2. The first kappa shape index (κ1) is 14.3. The van der Waals surface area contributed by atoms with Gasteiger partial charge < -0.3 is 5.32 Å². The standard InChI is InChI=1S/C16H17ClFN3/c1-2-19-16-10-5-3-8-14(10)20-15(21-16)9-11-12(17)6-4-7-13(11)18/h4,6-7H,2-3,5,8-9H2,1H3,(H,19,20,21). The quantitative estimate of drug-likeness (QED) is 0.934. The molecule has 21 heavy (non-hydrogen) atoms. The third-order valence-electron chi connectivity index (χ3n) is 3.72. The SMILES string of the molecule is CCNc1nc(Cc2c(F)cccc2Cl)nc2c1CCC2. The van der Waals surface area contributed by atoms with E-state index >= 15 is 0 Å². The number of hydrogen-bond donors (Lipinski definition) is 1. The molecule has 0 amide bonds. The fourth-order valence-electron chi connectivity index (χ4n) is 2.74. The normalized spacial score (nSPS) is 13.3. The number of aryl methyl sites for hydroxylation is 1. The van der Waals surface area contributed by atoms with Gasteiger partial charge in [0, 0.05) is 34.8 Å². The van der Waals surface area contributed by atoms with Gasteiger partial charge in [0.1, 0.15) is 17.5 Å². The van der Waals surface area contributed by atoms with E-state index in [1.807, 2.05) is 6.92 Å². The lowest BCUT2D eigenvalue weighted by atomic mass is 10.1. The third kappa shape index (κ3) is 2.86. The van der Waals surface area contributed by atoms with Crippen LogP contribution in [0.3, 0.4) is 0 Å². The Labute approximate surface area is 128 Å². The summed E-state index contributed by atoms with van der Waals surface area (Å²) in [5, 5.41) is 3.71. The minimum absolute atomic E-state index is 0.309. The first-order valence-electron chi connectivity index (χ1n) is 7.24. The number of aromatic nitrogens is 2. The molecule has 0 fully saturated rings. The molecule has 0 spiro atoms. The number of nitrogens with one attached hydrogen (secondary N) is 1. The molecule has 1 aromatic heterocycles. The molecule has 0 saturated heterocycles. The second kappa shape index (κ2) is 5.98. The summed E-state index contributed by atoms with van der Waals surface area (Å²) < 4.78 is 13.9. The maximum atomic E-state index is 13.9. The molecule has 1 N–H and O–H groups in total. The van der Waals surface area contributed by atoms with Gasteiger partial charge in [-0.2, -0.15) is 0 Å². The molecule has 0 saturated carbocycles. The van der Waals surface area contributed by atoms with Gasteiger partial charge in [-0.25, -0.2) is 14.4 Å². The number of hydrogen-bond acceptors (Lipinski definition) is 3. The lowest BCUT2D eigenvalue weighted by Crippen LogP contribution is -2.09. The van der Waals surface area contributed by atoms with Crippen LogP contribution < -0.4 is 5.32 Å². The van der Waals surface area contributed by atoms with Crippen LogP contribution in [0.25, 0.3) is 0 Å². The summed E-state index contributed by atoms with van der Waals surface area (Å²) in [6.07, 6.45) is 3.40. The molecule has 3 nitrogen and oxygen atoms in total. The summed E-state index contributed by atoms with van der Waals surface area (Å²) in [6.45, 7) is 2.85. The van der Waals surface area contributed by atoms with E-state index in [1.165, 1.54) is 11.6 Å². The summed E-state index contributed by atoms with van der Waals surface area (Å²) in [5.74, 6) is 1.21. The van der Waals surface area contributed by atoms with Crippen LogP contribution >= 0.6 is 11.6 Å². The van der Waals surface area contributed by atoms with E-state index in [0.29, 0.717) is 22.8 Å². The van der Waals surface area contributed by atoms with Crippen LogP contribution in [0.15, 0.2) is 18.2 Å². The molecule has 1 aromatic carbocycles. The van der Waals surface area contributed by atoms with Gasteiger partial charge in [0.2, 0.25) is 0 Å². The fraction of sp³-hybridized carbons (Fsp3) is 0.375. The summed E-state index contributed by atoms with van der Waals surface area (Å²) in [5.41, 5.74) is 2.75. The average molecular weight is 306 g/mol. The molecule has 1 heterocycles. The maximum absolute atomic E-state index is 13.9. The van der Waals surface area contributed by atoms with Crippen molar-refractivity contribution in [1.29, 1.82) is 0 Å². The number of halogens is 2. The molecule has 0 bridgehead atoms. The minimum atomic E-state index is -0.309. The Morgan fingerprint density at radius 2 is 2.14 bits per heavy atom. The minimum Gasteiger partial charge on any atom is -0.370 e. The molecule has 3 rings (SSSR count). The number of anilines is 1. The molecular formula is C16H17ClFN3. The number of fused-ring (bicyclic) bond motifs is 1. The van der Waals surface area contributed by atoms with E-state index in [4.69, 9.17) is 11.6 Å². The van der Waals surface area contributed by atoms with Crippen molar-refractivity contribution in [2.24, 2.45) is 0 Å². The van der Waals surface area contributed by atoms with E-state index < -0.39 is 0 Å². The molecule has 110 valence electrons. The summed E-state index contributed by atoms with van der Waals surface area (Å²) in [6, 6.07) is 4.72. The zero-order valence-electron chi connectivity index (χ0n) is 11.9.